The fourth-order valence-corrected chi connectivity index (χ4v) is 3.42. The van der Waals surface area contributed by atoms with Crippen LogP contribution in [0.3, 0.4) is 0 Å². The van der Waals surface area contributed by atoms with Gasteiger partial charge in [0, 0.05) is 0 Å². The van der Waals surface area contributed by atoms with E-state index in [4.69, 9.17) is 5.26 Å². The monoisotopic (exact) mass is 375 g/mol. The van der Waals surface area contributed by atoms with Gasteiger partial charge in [-0.3, -0.25) is 9.69 Å². The third-order valence-corrected chi connectivity index (χ3v) is 5.10. The predicted molar refractivity (Wildman–Crippen MR) is 113 cm³/mol. The molecule has 2 aromatic rings. The van der Waals surface area contributed by atoms with Crippen LogP contribution >= 0.6 is 11.8 Å². The van der Waals surface area contributed by atoms with Crippen LogP contribution in [0.25, 0.3) is 6.08 Å². The van der Waals surface area contributed by atoms with Crippen molar-refractivity contribution in [2.45, 2.75) is 26.7 Å². The molecule has 1 amide bonds. The third kappa shape index (κ3) is 4.29. The zero-order chi connectivity index (χ0) is 19.4. The molecule has 0 radical (unpaired) electrons. The average Bonchev–Trinajstić information content (AvgIpc) is 2.96. The number of carbonyl (C=O) groups is 1. The van der Waals surface area contributed by atoms with E-state index in [1.54, 1.807) is 11.0 Å². The molecule has 0 saturated carbocycles. The highest BCUT2D eigenvalue weighted by Crippen LogP contribution is 2.29. The topological polar surface area (TPSA) is 56.5 Å². The number of carbonyl (C=O) groups excluding carboxylic acids is 1. The fraction of sp³-hybridized carbons (Fsp3) is 0.227. The molecule has 1 heterocycles. The second-order valence-electron chi connectivity index (χ2n) is 6.67. The van der Waals surface area contributed by atoms with Crippen molar-refractivity contribution >= 4 is 34.6 Å². The van der Waals surface area contributed by atoms with Gasteiger partial charge < -0.3 is 0 Å². The summed E-state index contributed by atoms with van der Waals surface area (Å²) < 4.78 is 0. The number of amidine groups is 1. The van der Waals surface area contributed by atoms with Crippen molar-refractivity contribution in [1.82, 2.24) is 0 Å². The zero-order valence-corrected chi connectivity index (χ0v) is 16.5. The van der Waals surface area contributed by atoms with Crippen molar-refractivity contribution in [3.8, 4) is 6.07 Å². The van der Waals surface area contributed by atoms with E-state index in [0.29, 0.717) is 16.8 Å². The van der Waals surface area contributed by atoms with E-state index in [0.717, 1.165) is 16.8 Å². The maximum absolute atomic E-state index is 13.0. The van der Waals surface area contributed by atoms with Crippen molar-refractivity contribution in [1.29, 1.82) is 5.26 Å². The van der Waals surface area contributed by atoms with Gasteiger partial charge >= 0.3 is 0 Å². The van der Waals surface area contributed by atoms with Crippen LogP contribution in [-0.4, -0.2) is 16.8 Å². The van der Waals surface area contributed by atoms with Crippen molar-refractivity contribution in [2.24, 2.45) is 4.99 Å². The quantitative estimate of drug-likeness (QED) is 0.697. The van der Waals surface area contributed by atoms with Crippen molar-refractivity contribution in [2.75, 3.05) is 10.7 Å². The van der Waals surface area contributed by atoms with Crippen LogP contribution in [0.5, 0.6) is 0 Å². The van der Waals surface area contributed by atoms with Gasteiger partial charge in [0.05, 0.1) is 17.5 Å². The predicted octanol–water partition coefficient (Wildman–Crippen LogP) is 5.12. The molecule has 27 heavy (non-hydrogen) atoms. The fourth-order valence-electron chi connectivity index (χ4n) is 2.75. The number of thioether (sulfide) groups is 1. The molecule has 0 unspecified atom stereocenters. The van der Waals surface area contributed by atoms with Crippen molar-refractivity contribution in [3.63, 3.8) is 0 Å². The lowest BCUT2D eigenvalue weighted by atomic mass is 10.0. The number of aryl methyl sites for hydroxylation is 1. The first-order valence-electron chi connectivity index (χ1n) is 8.81. The SMILES string of the molecule is Cc1ccc(N2C(=O)C(=Cc3ccc(C(C)C)cc3)N=C2SCC#N)cc1. The standard InChI is InChI=1S/C22H21N3OS/c1-15(2)18-8-6-17(7-9-18)14-20-21(26)25(22(24-20)27-13-12-23)19-10-4-16(3)5-11-19/h4-11,14-15H,13H2,1-3H3. The molecule has 0 bridgehead atoms. The van der Waals surface area contributed by atoms with E-state index in [-0.39, 0.29) is 11.7 Å². The number of amides is 1. The van der Waals surface area contributed by atoms with E-state index in [1.807, 2.05) is 43.3 Å². The third-order valence-electron chi connectivity index (χ3n) is 4.29. The first kappa shape index (κ1) is 18.9. The molecule has 0 N–H and O–H groups in total. The molecule has 136 valence electrons. The van der Waals surface area contributed by atoms with Crippen LogP contribution in [0.15, 0.2) is 59.2 Å². The van der Waals surface area contributed by atoms with Gasteiger partial charge in [0.25, 0.3) is 5.91 Å². The normalized spacial score (nSPS) is 15.4. The molecule has 2 aromatic carbocycles. The van der Waals surface area contributed by atoms with Gasteiger partial charge in [-0.05, 0) is 42.2 Å². The lowest BCUT2D eigenvalue weighted by Crippen LogP contribution is -2.30. The molecule has 0 saturated heterocycles. The molecule has 0 aromatic heterocycles. The summed E-state index contributed by atoms with van der Waals surface area (Å²) in [4.78, 5) is 19.1. The van der Waals surface area contributed by atoms with Gasteiger partial charge in [0.2, 0.25) is 0 Å². The Morgan fingerprint density at radius 1 is 1.15 bits per heavy atom. The molecule has 5 heteroatoms. The molecule has 0 spiro atoms. The minimum Gasteiger partial charge on any atom is -0.266 e. The highest BCUT2D eigenvalue weighted by Gasteiger charge is 2.31. The van der Waals surface area contributed by atoms with Crippen LogP contribution in [0.2, 0.25) is 0 Å². The summed E-state index contributed by atoms with van der Waals surface area (Å²) in [7, 11) is 0. The maximum Gasteiger partial charge on any atom is 0.283 e. The smallest absolute Gasteiger partial charge is 0.266 e. The number of nitriles is 1. The van der Waals surface area contributed by atoms with Crippen LogP contribution < -0.4 is 4.90 Å². The molecule has 4 nitrogen and oxygen atoms in total. The van der Waals surface area contributed by atoms with Gasteiger partial charge in [-0.25, -0.2) is 4.99 Å². The zero-order valence-electron chi connectivity index (χ0n) is 15.6. The average molecular weight is 375 g/mol. The second kappa shape index (κ2) is 8.24. The molecular formula is C22H21N3OS. The molecule has 1 aliphatic heterocycles. The highest BCUT2D eigenvalue weighted by atomic mass is 32.2. The van der Waals surface area contributed by atoms with Crippen molar-refractivity contribution < 1.29 is 4.79 Å². The molecular weight excluding hydrogens is 354 g/mol. The van der Waals surface area contributed by atoms with E-state index < -0.39 is 0 Å². The Bertz CT molecular complexity index is 935. The number of hydrogen-bond acceptors (Lipinski definition) is 4. The van der Waals surface area contributed by atoms with E-state index in [9.17, 15) is 4.79 Å². The Labute approximate surface area is 164 Å². The molecule has 1 aliphatic rings. The Balaban J connectivity index is 1.94. The number of rotatable bonds is 4. The largest absolute Gasteiger partial charge is 0.283 e. The van der Waals surface area contributed by atoms with Gasteiger partial charge in [0.15, 0.2) is 5.17 Å². The number of hydrogen-bond donors (Lipinski definition) is 0. The molecule has 0 atom stereocenters. The lowest BCUT2D eigenvalue weighted by Gasteiger charge is -2.17. The van der Waals surface area contributed by atoms with Gasteiger partial charge in [0.1, 0.15) is 5.70 Å². The summed E-state index contributed by atoms with van der Waals surface area (Å²) in [5, 5.41) is 9.45. The van der Waals surface area contributed by atoms with Crippen LogP contribution in [-0.2, 0) is 4.79 Å². The van der Waals surface area contributed by atoms with Gasteiger partial charge in [-0.15, -0.1) is 0 Å². The minimum absolute atomic E-state index is 0.174. The van der Waals surface area contributed by atoms with Crippen LogP contribution in [0, 0.1) is 18.3 Å². The van der Waals surface area contributed by atoms with Crippen molar-refractivity contribution in [3.05, 3.63) is 70.9 Å². The summed E-state index contributed by atoms with van der Waals surface area (Å²) in [6, 6.07) is 18.0. The first-order chi connectivity index (χ1) is 13.0. The summed E-state index contributed by atoms with van der Waals surface area (Å²) in [5.74, 6) is 0.529. The Morgan fingerprint density at radius 3 is 2.41 bits per heavy atom. The number of anilines is 1. The Hall–Kier alpha value is -2.84. The minimum atomic E-state index is -0.174. The molecule has 0 fully saturated rings. The number of benzene rings is 2. The second-order valence-corrected chi connectivity index (χ2v) is 7.61. The van der Waals surface area contributed by atoms with E-state index in [1.165, 1.54) is 17.3 Å². The number of aliphatic imine (C=N–C) groups is 1. The maximum atomic E-state index is 13.0. The molecule has 0 aliphatic carbocycles. The highest BCUT2D eigenvalue weighted by molar-refractivity contribution is 8.14. The number of nitrogens with zero attached hydrogens (tertiary/aromatic N) is 3. The summed E-state index contributed by atoms with van der Waals surface area (Å²) >= 11 is 1.27. The Morgan fingerprint density at radius 2 is 1.81 bits per heavy atom. The summed E-state index contributed by atoms with van der Waals surface area (Å²) in [6.45, 7) is 6.30. The lowest BCUT2D eigenvalue weighted by molar-refractivity contribution is -0.113. The van der Waals surface area contributed by atoms with Crippen LogP contribution in [0.4, 0.5) is 5.69 Å². The summed E-state index contributed by atoms with van der Waals surface area (Å²) in [5.41, 5.74) is 4.45. The molecule has 3 rings (SSSR count). The van der Waals surface area contributed by atoms with Crippen LogP contribution in [0.1, 0.15) is 36.5 Å². The van der Waals surface area contributed by atoms with Gasteiger partial charge in [-0.1, -0.05) is 67.6 Å². The Kier molecular flexibility index (Phi) is 5.78. The van der Waals surface area contributed by atoms with Gasteiger partial charge in [-0.2, -0.15) is 5.26 Å². The first-order valence-corrected chi connectivity index (χ1v) is 9.79. The van der Waals surface area contributed by atoms with E-state index in [2.05, 4.69) is 37.0 Å². The summed E-state index contributed by atoms with van der Waals surface area (Å²) in [6.07, 6.45) is 1.80. The van der Waals surface area contributed by atoms with E-state index >= 15 is 0 Å².